The highest BCUT2D eigenvalue weighted by Gasteiger charge is 2.12. The van der Waals surface area contributed by atoms with Gasteiger partial charge in [0.05, 0.1) is 24.7 Å². The van der Waals surface area contributed by atoms with E-state index in [1.807, 2.05) is 29.8 Å². The van der Waals surface area contributed by atoms with Gasteiger partial charge in [-0.1, -0.05) is 5.21 Å². The van der Waals surface area contributed by atoms with E-state index in [0.29, 0.717) is 0 Å². The molecular formula is C16H16N4O. The maximum atomic E-state index is 5.44. The van der Waals surface area contributed by atoms with E-state index in [1.165, 1.54) is 0 Å². The number of rotatable bonds is 3. The third kappa shape index (κ3) is 2.38. The van der Waals surface area contributed by atoms with Crippen molar-refractivity contribution in [3.63, 3.8) is 0 Å². The average molecular weight is 280 g/mol. The van der Waals surface area contributed by atoms with Crippen molar-refractivity contribution in [3.05, 3.63) is 54.0 Å². The van der Waals surface area contributed by atoms with Crippen LogP contribution in [0, 0.1) is 13.8 Å². The maximum absolute atomic E-state index is 5.44. The summed E-state index contributed by atoms with van der Waals surface area (Å²) in [7, 11) is 1.68. The van der Waals surface area contributed by atoms with Gasteiger partial charge < -0.3 is 4.74 Å². The summed E-state index contributed by atoms with van der Waals surface area (Å²) in [5.74, 6) is 0.848. The van der Waals surface area contributed by atoms with Crippen LogP contribution >= 0.6 is 0 Å². The summed E-state index contributed by atoms with van der Waals surface area (Å²) in [4.78, 5) is 4.04. The number of pyridine rings is 1. The molecule has 5 heteroatoms. The van der Waals surface area contributed by atoms with Crippen LogP contribution in [0.25, 0.3) is 16.9 Å². The monoisotopic (exact) mass is 280 g/mol. The molecule has 5 nitrogen and oxygen atoms in total. The van der Waals surface area contributed by atoms with Gasteiger partial charge in [-0.05, 0) is 43.2 Å². The zero-order chi connectivity index (χ0) is 14.8. The summed E-state index contributed by atoms with van der Waals surface area (Å²) in [6, 6.07) is 7.93. The van der Waals surface area contributed by atoms with Gasteiger partial charge in [-0.3, -0.25) is 4.98 Å². The Morgan fingerprint density at radius 3 is 2.57 bits per heavy atom. The lowest BCUT2D eigenvalue weighted by Crippen LogP contribution is -2.02. The standard InChI is InChI=1S/C16H16N4O/c1-11-8-14(9-16(21-3)12(11)2)20-15(10-18-19-20)13-4-6-17-7-5-13/h4-10H,1-3H3. The summed E-state index contributed by atoms with van der Waals surface area (Å²) >= 11 is 0. The van der Waals surface area contributed by atoms with Crippen LogP contribution in [0.4, 0.5) is 0 Å². The fraction of sp³-hybridized carbons (Fsp3) is 0.188. The normalized spacial score (nSPS) is 10.6. The van der Waals surface area contributed by atoms with Crippen LogP contribution in [0.5, 0.6) is 5.75 Å². The van der Waals surface area contributed by atoms with Crippen molar-refractivity contribution in [1.82, 2.24) is 20.0 Å². The van der Waals surface area contributed by atoms with Crippen molar-refractivity contribution in [2.24, 2.45) is 0 Å². The fourth-order valence-corrected chi connectivity index (χ4v) is 2.29. The number of methoxy groups -OCH3 is 1. The van der Waals surface area contributed by atoms with Crippen LogP contribution in [0.1, 0.15) is 11.1 Å². The predicted molar refractivity (Wildman–Crippen MR) is 80.6 cm³/mol. The molecule has 0 aliphatic heterocycles. The van der Waals surface area contributed by atoms with Gasteiger partial charge in [0.25, 0.3) is 0 Å². The van der Waals surface area contributed by atoms with E-state index in [2.05, 4.69) is 28.3 Å². The van der Waals surface area contributed by atoms with Crippen LogP contribution in [-0.2, 0) is 0 Å². The van der Waals surface area contributed by atoms with Gasteiger partial charge in [0.1, 0.15) is 5.75 Å². The molecule has 0 aliphatic carbocycles. The lowest BCUT2D eigenvalue weighted by Gasteiger charge is -2.12. The number of nitrogens with zero attached hydrogens (tertiary/aromatic N) is 4. The minimum Gasteiger partial charge on any atom is -0.496 e. The zero-order valence-electron chi connectivity index (χ0n) is 12.2. The Bertz CT molecular complexity index is 765. The first-order chi connectivity index (χ1) is 10.2. The number of aryl methyl sites for hydroxylation is 1. The average Bonchev–Trinajstić information content (AvgIpc) is 3.00. The van der Waals surface area contributed by atoms with Gasteiger partial charge in [-0.2, -0.15) is 0 Å². The van der Waals surface area contributed by atoms with E-state index in [4.69, 9.17) is 4.74 Å². The second-order valence-corrected chi connectivity index (χ2v) is 4.86. The van der Waals surface area contributed by atoms with Crippen molar-refractivity contribution in [2.75, 3.05) is 7.11 Å². The van der Waals surface area contributed by atoms with Crippen molar-refractivity contribution in [2.45, 2.75) is 13.8 Å². The topological polar surface area (TPSA) is 52.8 Å². The fourth-order valence-electron chi connectivity index (χ4n) is 2.29. The molecule has 0 bridgehead atoms. The molecule has 2 aromatic heterocycles. The molecule has 0 aliphatic rings. The predicted octanol–water partition coefficient (Wildman–Crippen LogP) is 2.95. The van der Waals surface area contributed by atoms with Gasteiger partial charge in [-0.15, -0.1) is 5.10 Å². The first-order valence-corrected chi connectivity index (χ1v) is 6.67. The molecule has 0 unspecified atom stereocenters. The molecule has 0 atom stereocenters. The summed E-state index contributed by atoms with van der Waals surface area (Å²) in [6.07, 6.45) is 5.26. The number of aromatic nitrogens is 4. The zero-order valence-corrected chi connectivity index (χ0v) is 12.2. The van der Waals surface area contributed by atoms with E-state index in [1.54, 1.807) is 25.7 Å². The summed E-state index contributed by atoms with van der Waals surface area (Å²) in [5, 5.41) is 8.23. The quantitative estimate of drug-likeness (QED) is 0.740. The minimum absolute atomic E-state index is 0.848. The number of benzene rings is 1. The smallest absolute Gasteiger partial charge is 0.124 e. The van der Waals surface area contributed by atoms with Crippen molar-refractivity contribution in [1.29, 1.82) is 0 Å². The molecule has 0 spiro atoms. The highest BCUT2D eigenvalue weighted by molar-refractivity contribution is 5.61. The first-order valence-electron chi connectivity index (χ1n) is 6.67. The molecule has 3 aromatic rings. The van der Waals surface area contributed by atoms with Crippen molar-refractivity contribution < 1.29 is 4.74 Å². The number of hydrogen-bond acceptors (Lipinski definition) is 4. The molecule has 0 fully saturated rings. The van der Waals surface area contributed by atoms with E-state index >= 15 is 0 Å². The lowest BCUT2D eigenvalue weighted by atomic mass is 10.1. The van der Waals surface area contributed by atoms with Gasteiger partial charge in [0.2, 0.25) is 0 Å². The van der Waals surface area contributed by atoms with Crippen LogP contribution in [-0.4, -0.2) is 27.1 Å². The summed E-state index contributed by atoms with van der Waals surface area (Å²) in [5.41, 5.74) is 5.15. The SMILES string of the molecule is COc1cc(-n2nncc2-c2ccncc2)cc(C)c1C. The highest BCUT2D eigenvalue weighted by Crippen LogP contribution is 2.27. The molecule has 1 aromatic carbocycles. The molecule has 2 heterocycles. The molecule has 0 saturated carbocycles. The van der Waals surface area contributed by atoms with E-state index < -0.39 is 0 Å². The second kappa shape index (κ2) is 5.36. The Kier molecular flexibility index (Phi) is 3.39. The molecule has 0 radical (unpaired) electrons. The number of ether oxygens (including phenoxy) is 1. The van der Waals surface area contributed by atoms with Gasteiger partial charge >= 0.3 is 0 Å². The van der Waals surface area contributed by atoms with Crippen LogP contribution in [0.3, 0.4) is 0 Å². The van der Waals surface area contributed by atoms with E-state index in [0.717, 1.165) is 33.8 Å². The Morgan fingerprint density at radius 1 is 1.10 bits per heavy atom. The lowest BCUT2D eigenvalue weighted by molar-refractivity contribution is 0.411. The Morgan fingerprint density at radius 2 is 1.86 bits per heavy atom. The second-order valence-electron chi connectivity index (χ2n) is 4.86. The van der Waals surface area contributed by atoms with Gasteiger partial charge in [-0.25, -0.2) is 4.68 Å². The van der Waals surface area contributed by atoms with Crippen molar-refractivity contribution >= 4 is 0 Å². The van der Waals surface area contributed by atoms with Gasteiger partial charge in [0, 0.05) is 24.0 Å². The maximum Gasteiger partial charge on any atom is 0.124 e. The van der Waals surface area contributed by atoms with Crippen molar-refractivity contribution in [3.8, 4) is 22.7 Å². The third-order valence-electron chi connectivity index (χ3n) is 3.59. The summed E-state index contributed by atoms with van der Waals surface area (Å²) < 4.78 is 7.25. The van der Waals surface area contributed by atoms with Crippen LogP contribution < -0.4 is 4.74 Å². The Balaban J connectivity index is 2.15. The molecule has 21 heavy (non-hydrogen) atoms. The molecule has 0 amide bonds. The molecule has 106 valence electrons. The molecule has 3 rings (SSSR count). The number of hydrogen-bond donors (Lipinski definition) is 0. The van der Waals surface area contributed by atoms with E-state index in [9.17, 15) is 0 Å². The minimum atomic E-state index is 0.848. The largest absolute Gasteiger partial charge is 0.496 e. The first kappa shape index (κ1) is 13.3. The Labute approximate surface area is 123 Å². The Hall–Kier alpha value is -2.69. The molecule has 0 N–H and O–H groups in total. The van der Waals surface area contributed by atoms with Crippen LogP contribution in [0.2, 0.25) is 0 Å². The molecule has 0 saturated heterocycles. The van der Waals surface area contributed by atoms with E-state index in [-0.39, 0.29) is 0 Å². The third-order valence-corrected chi connectivity index (χ3v) is 3.59. The summed E-state index contributed by atoms with van der Waals surface area (Å²) in [6.45, 7) is 4.10. The molecular weight excluding hydrogens is 264 g/mol. The highest BCUT2D eigenvalue weighted by atomic mass is 16.5. The van der Waals surface area contributed by atoms with Crippen LogP contribution in [0.15, 0.2) is 42.9 Å². The van der Waals surface area contributed by atoms with Gasteiger partial charge in [0.15, 0.2) is 0 Å².